The molecule has 0 aliphatic carbocycles. The number of H-pyrrole nitrogens is 1. The fraction of sp³-hybridized carbons (Fsp3) is 0.308. The largest absolute Gasteiger partial charge is 0.480 e. The Balaban J connectivity index is 1.23. The third kappa shape index (κ3) is 4.30. The molecule has 0 saturated carbocycles. The second-order valence-electron chi connectivity index (χ2n) is 8.73. The summed E-state index contributed by atoms with van der Waals surface area (Å²) in [5, 5.41) is 15.3. The van der Waals surface area contributed by atoms with Crippen molar-refractivity contribution < 1.29 is 14.3 Å². The maximum atomic E-state index is 12.3. The van der Waals surface area contributed by atoms with E-state index in [4.69, 9.17) is 4.42 Å². The van der Waals surface area contributed by atoms with Crippen molar-refractivity contribution in [2.24, 2.45) is 0 Å². The molecule has 34 heavy (non-hydrogen) atoms. The third-order valence-electron chi connectivity index (χ3n) is 6.62. The summed E-state index contributed by atoms with van der Waals surface area (Å²) in [5.74, 6) is -0.822. The number of nitrogens with one attached hydrogen (secondary N) is 2. The first-order valence-corrected chi connectivity index (χ1v) is 11.5. The van der Waals surface area contributed by atoms with Gasteiger partial charge in [-0.05, 0) is 25.1 Å². The molecule has 0 spiro atoms. The Bertz CT molecular complexity index is 1380. The van der Waals surface area contributed by atoms with Crippen LogP contribution in [0.15, 0.2) is 63.8 Å². The number of hydrogen-bond donors (Lipinski definition) is 3. The van der Waals surface area contributed by atoms with Crippen LogP contribution in [0.5, 0.6) is 0 Å². The number of hydrogen-bond acceptors (Lipinski definition) is 6. The van der Waals surface area contributed by atoms with Crippen LogP contribution in [0.2, 0.25) is 0 Å². The molecule has 1 aliphatic heterocycles. The summed E-state index contributed by atoms with van der Waals surface area (Å²) in [7, 11) is 0. The van der Waals surface area contributed by atoms with Gasteiger partial charge in [-0.25, -0.2) is 4.79 Å². The highest BCUT2D eigenvalue weighted by atomic mass is 16.4. The van der Waals surface area contributed by atoms with E-state index in [1.54, 1.807) is 6.07 Å². The molecule has 2 aromatic heterocycles. The summed E-state index contributed by atoms with van der Waals surface area (Å²) in [5.41, 5.74) is 3.69. The van der Waals surface area contributed by atoms with Crippen molar-refractivity contribution >= 4 is 33.5 Å². The highest BCUT2D eigenvalue weighted by Gasteiger charge is 2.33. The van der Waals surface area contributed by atoms with E-state index in [2.05, 4.69) is 20.1 Å². The molecule has 0 bridgehead atoms. The number of aromatic amines is 1. The molecule has 1 unspecified atom stereocenters. The summed E-state index contributed by atoms with van der Waals surface area (Å²) in [4.78, 5) is 31.9. The summed E-state index contributed by atoms with van der Waals surface area (Å²) < 4.78 is 5.26. The molecule has 176 valence electrons. The van der Waals surface area contributed by atoms with Gasteiger partial charge in [0.15, 0.2) is 0 Å². The Hall–Kier alpha value is -3.62. The predicted molar refractivity (Wildman–Crippen MR) is 132 cm³/mol. The lowest BCUT2D eigenvalue weighted by Crippen LogP contribution is -2.50. The second-order valence-corrected chi connectivity index (χ2v) is 8.73. The lowest BCUT2D eigenvalue weighted by molar-refractivity contribution is -0.144. The topological polar surface area (TPSA) is 102 Å². The number of aryl methyl sites for hydroxylation is 1. The van der Waals surface area contributed by atoms with Crippen LogP contribution in [0.3, 0.4) is 0 Å². The normalized spacial score (nSPS) is 16.1. The van der Waals surface area contributed by atoms with E-state index in [1.165, 1.54) is 6.07 Å². The van der Waals surface area contributed by atoms with Crippen molar-refractivity contribution in [2.45, 2.75) is 13.0 Å². The Morgan fingerprint density at radius 3 is 2.56 bits per heavy atom. The third-order valence-corrected chi connectivity index (χ3v) is 6.62. The molecule has 2 aromatic carbocycles. The number of rotatable bonds is 7. The van der Waals surface area contributed by atoms with E-state index in [0.29, 0.717) is 25.2 Å². The van der Waals surface area contributed by atoms with Crippen LogP contribution in [0.4, 0.5) is 5.69 Å². The molecule has 8 nitrogen and oxygen atoms in total. The first-order valence-electron chi connectivity index (χ1n) is 11.5. The van der Waals surface area contributed by atoms with Crippen LogP contribution >= 0.6 is 0 Å². The minimum atomic E-state index is -0.822. The summed E-state index contributed by atoms with van der Waals surface area (Å²) >= 11 is 0. The molecule has 8 heteroatoms. The van der Waals surface area contributed by atoms with Crippen LogP contribution in [-0.2, 0) is 4.79 Å². The number of benzene rings is 2. The maximum Gasteiger partial charge on any atom is 0.338 e. The van der Waals surface area contributed by atoms with E-state index in [0.717, 1.165) is 52.9 Å². The van der Waals surface area contributed by atoms with Crippen molar-refractivity contribution in [3.63, 3.8) is 0 Å². The predicted octanol–water partition coefficient (Wildman–Crippen LogP) is 3.44. The lowest BCUT2D eigenvalue weighted by Gasteiger charge is -2.38. The second kappa shape index (κ2) is 9.32. The van der Waals surface area contributed by atoms with Crippen LogP contribution in [-0.4, -0.2) is 65.1 Å². The van der Waals surface area contributed by atoms with Crippen LogP contribution in [0.1, 0.15) is 17.3 Å². The average Bonchev–Trinajstić information content (AvgIpc) is 3.15. The molecule has 3 N–H and O–H groups in total. The van der Waals surface area contributed by atoms with Gasteiger partial charge in [-0.2, -0.15) is 0 Å². The van der Waals surface area contributed by atoms with E-state index in [9.17, 15) is 14.7 Å². The zero-order chi connectivity index (χ0) is 23.7. The molecule has 1 fully saturated rings. The van der Waals surface area contributed by atoms with E-state index < -0.39 is 12.0 Å². The summed E-state index contributed by atoms with van der Waals surface area (Å²) in [6.45, 7) is 6.33. The van der Waals surface area contributed by atoms with Crippen molar-refractivity contribution in [1.82, 2.24) is 14.8 Å². The fourth-order valence-corrected chi connectivity index (χ4v) is 4.96. The Morgan fingerprint density at radius 1 is 1.09 bits per heavy atom. The van der Waals surface area contributed by atoms with E-state index >= 15 is 0 Å². The number of anilines is 1. The molecular formula is C26H28N4O4. The number of para-hydroxylation sites is 2. The van der Waals surface area contributed by atoms with Crippen molar-refractivity contribution in [3.8, 4) is 0 Å². The minimum Gasteiger partial charge on any atom is -0.480 e. The standard InChI is InChI=1S/C26H28N4O4/c1-17-24(19-7-2-4-8-20(19)28-17)25(26(32)33)30-14-12-29(13-15-30)11-10-27-21-16-23(31)34-22-9-5-3-6-18(21)22/h2-9,16,25,27-28H,10-15H2,1H3,(H,32,33). The molecule has 0 radical (unpaired) electrons. The Labute approximate surface area is 196 Å². The average molecular weight is 461 g/mol. The number of piperazine rings is 1. The molecule has 5 rings (SSSR count). The zero-order valence-corrected chi connectivity index (χ0v) is 19.1. The molecule has 4 aromatic rings. The SMILES string of the molecule is Cc1[nH]c2ccccc2c1C(C(=O)O)N1CCN(CCNc2cc(=O)oc3ccccc23)CC1. The lowest BCUT2D eigenvalue weighted by atomic mass is 10.0. The minimum absolute atomic E-state index is 0.373. The quantitative estimate of drug-likeness (QED) is 0.363. The molecule has 1 saturated heterocycles. The summed E-state index contributed by atoms with van der Waals surface area (Å²) in [6.07, 6.45) is 0. The highest BCUT2D eigenvalue weighted by molar-refractivity contribution is 5.91. The molecule has 0 amide bonds. The van der Waals surface area contributed by atoms with Crippen molar-refractivity contribution in [3.05, 3.63) is 76.3 Å². The van der Waals surface area contributed by atoms with Gasteiger partial charge in [0, 0.05) is 72.9 Å². The van der Waals surface area contributed by atoms with Gasteiger partial charge in [-0.3, -0.25) is 14.6 Å². The van der Waals surface area contributed by atoms with Gasteiger partial charge in [-0.15, -0.1) is 0 Å². The first-order chi connectivity index (χ1) is 16.5. The van der Waals surface area contributed by atoms with Crippen LogP contribution in [0.25, 0.3) is 21.9 Å². The van der Waals surface area contributed by atoms with Gasteiger partial charge >= 0.3 is 11.6 Å². The van der Waals surface area contributed by atoms with Gasteiger partial charge in [0.25, 0.3) is 0 Å². The number of aromatic nitrogens is 1. The zero-order valence-electron chi connectivity index (χ0n) is 19.1. The summed E-state index contributed by atoms with van der Waals surface area (Å²) in [6, 6.07) is 16.2. The fourth-order valence-electron chi connectivity index (χ4n) is 4.96. The van der Waals surface area contributed by atoms with Crippen LogP contribution < -0.4 is 10.9 Å². The van der Waals surface area contributed by atoms with Crippen molar-refractivity contribution in [1.29, 1.82) is 0 Å². The number of carbonyl (C=O) groups is 1. The van der Waals surface area contributed by atoms with Gasteiger partial charge < -0.3 is 19.8 Å². The van der Waals surface area contributed by atoms with E-state index in [1.807, 2.05) is 49.4 Å². The van der Waals surface area contributed by atoms with E-state index in [-0.39, 0.29) is 5.63 Å². The number of nitrogens with zero attached hydrogens (tertiary/aromatic N) is 2. The highest BCUT2D eigenvalue weighted by Crippen LogP contribution is 2.32. The molecular weight excluding hydrogens is 432 g/mol. The number of fused-ring (bicyclic) bond motifs is 2. The molecule has 1 aliphatic rings. The number of carboxylic acids is 1. The van der Waals surface area contributed by atoms with Gasteiger partial charge in [0.1, 0.15) is 11.6 Å². The molecule has 1 atom stereocenters. The maximum absolute atomic E-state index is 12.3. The van der Waals surface area contributed by atoms with Gasteiger partial charge in [0.05, 0.1) is 5.69 Å². The number of aliphatic carboxylic acids is 1. The van der Waals surface area contributed by atoms with Crippen LogP contribution in [0, 0.1) is 6.92 Å². The van der Waals surface area contributed by atoms with Crippen molar-refractivity contribution in [2.75, 3.05) is 44.6 Å². The number of carboxylic acid groups (broad SMARTS) is 1. The molecule has 3 heterocycles. The Kier molecular flexibility index (Phi) is 6.08. The Morgan fingerprint density at radius 2 is 1.79 bits per heavy atom. The van der Waals surface area contributed by atoms with Gasteiger partial charge in [0.2, 0.25) is 0 Å². The monoisotopic (exact) mass is 460 g/mol. The smallest absolute Gasteiger partial charge is 0.338 e. The first kappa shape index (κ1) is 22.2. The van der Waals surface area contributed by atoms with Gasteiger partial charge in [-0.1, -0.05) is 30.3 Å².